The molecule has 1 fully saturated rings. The van der Waals surface area contributed by atoms with E-state index in [0.717, 1.165) is 11.3 Å². The van der Waals surface area contributed by atoms with Crippen LogP contribution in [0.5, 0.6) is 0 Å². The van der Waals surface area contributed by atoms with Gasteiger partial charge in [0.25, 0.3) is 5.91 Å². The maximum Gasteiger partial charge on any atom is 0.334 e. The third-order valence-corrected chi connectivity index (χ3v) is 3.88. The summed E-state index contributed by atoms with van der Waals surface area (Å²) in [5.74, 6) is -1.30. The van der Waals surface area contributed by atoms with Crippen LogP contribution in [0, 0.1) is 0 Å². The molecule has 1 aromatic carbocycles. The fourth-order valence-corrected chi connectivity index (χ4v) is 2.68. The number of carbonyl (C=O) groups is 3. The lowest BCUT2D eigenvalue weighted by molar-refractivity contribution is -0.154. The molecule has 0 aromatic heterocycles. The first-order chi connectivity index (χ1) is 10.5. The zero-order valence-electron chi connectivity index (χ0n) is 11.9. The minimum absolute atomic E-state index is 0.0240. The molecule has 1 saturated heterocycles. The Labute approximate surface area is 126 Å². The number of hydrogen-bond acceptors (Lipinski definition) is 4. The molecule has 2 aliphatic rings. The number of carboxylic acid groups (broad SMARTS) is 1. The molecular formula is C15H16N2O5. The highest BCUT2D eigenvalue weighted by Crippen LogP contribution is 2.24. The van der Waals surface area contributed by atoms with Crippen molar-refractivity contribution in [3.63, 3.8) is 0 Å². The van der Waals surface area contributed by atoms with Crippen molar-refractivity contribution in [2.45, 2.75) is 18.9 Å². The number of hydrogen-bond donors (Lipinski definition) is 2. The molecular weight excluding hydrogens is 288 g/mol. The van der Waals surface area contributed by atoms with E-state index in [4.69, 9.17) is 9.84 Å². The number of carboxylic acids is 1. The predicted octanol–water partition coefficient (Wildman–Crippen LogP) is 0.497. The molecule has 3 rings (SSSR count). The zero-order chi connectivity index (χ0) is 15.7. The van der Waals surface area contributed by atoms with Crippen molar-refractivity contribution in [2.75, 3.05) is 25.0 Å². The van der Waals surface area contributed by atoms with Crippen LogP contribution in [-0.4, -0.2) is 53.6 Å². The second-order valence-corrected chi connectivity index (χ2v) is 5.37. The highest BCUT2D eigenvalue weighted by atomic mass is 16.5. The number of carbonyl (C=O) groups excluding carboxylic acids is 2. The number of morpholine rings is 1. The van der Waals surface area contributed by atoms with Gasteiger partial charge in [0, 0.05) is 24.2 Å². The largest absolute Gasteiger partial charge is 0.479 e. The monoisotopic (exact) mass is 304 g/mol. The molecule has 2 N–H and O–H groups in total. The molecule has 22 heavy (non-hydrogen) atoms. The summed E-state index contributed by atoms with van der Waals surface area (Å²) in [5, 5.41) is 11.8. The number of ether oxygens (including phenoxy) is 1. The van der Waals surface area contributed by atoms with Crippen molar-refractivity contribution in [1.29, 1.82) is 0 Å². The lowest BCUT2D eigenvalue weighted by Crippen LogP contribution is -2.48. The number of nitrogens with one attached hydrogen (secondary N) is 1. The molecule has 2 heterocycles. The van der Waals surface area contributed by atoms with Crippen LogP contribution in [-0.2, 0) is 20.7 Å². The fraction of sp³-hybridized carbons (Fsp3) is 0.400. The van der Waals surface area contributed by atoms with Gasteiger partial charge < -0.3 is 20.1 Å². The molecule has 0 saturated carbocycles. The second kappa shape index (κ2) is 5.76. The highest BCUT2D eigenvalue weighted by Gasteiger charge is 2.29. The summed E-state index contributed by atoms with van der Waals surface area (Å²) >= 11 is 0. The van der Waals surface area contributed by atoms with Crippen LogP contribution in [0.4, 0.5) is 5.69 Å². The van der Waals surface area contributed by atoms with E-state index < -0.39 is 12.1 Å². The van der Waals surface area contributed by atoms with Crippen molar-refractivity contribution < 1.29 is 24.2 Å². The summed E-state index contributed by atoms with van der Waals surface area (Å²) in [6.45, 7) is 0.627. The number of aryl methyl sites for hydroxylation is 1. The molecule has 2 aliphatic heterocycles. The predicted molar refractivity (Wildman–Crippen MR) is 76.7 cm³/mol. The molecule has 0 radical (unpaired) electrons. The van der Waals surface area contributed by atoms with Crippen molar-refractivity contribution in [1.82, 2.24) is 4.90 Å². The summed E-state index contributed by atoms with van der Waals surface area (Å²) in [5.41, 5.74) is 2.16. The van der Waals surface area contributed by atoms with Crippen LogP contribution in [0.1, 0.15) is 22.3 Å². The van der Waals surface area contributed by atoms with Crippen molar-refractivity contribution >= 4 is 23.5 Å². The van der Waals surface area contributed by atoms with Crippen LogP contribution < -0.4 is 5.32 Å². The molecule has 0 aliphatic carbocycles. The van der Waals surface area contributed by atoms with E-state index in [-0.39, 0.29) is 25.0 Å². The van der Waals surface area contributed by atoms with Crippen LogP contribution >= 0.6 is 0 Å². The van der Waals surface area contributed by atoms with E-state index in [9.17, 15) is 14.4 Å². The number of fused-ring (bicyclic) bond motifs is 1. The van der Waals surface area contributed by atoms with Gasteiger partial charge in [0.15, 0.2) is 6.10 Å². The summed E-state index contributed by atoms with van der Waals surface area (Å²) in [6, 6.07) is 5.13. The molecule has 116 valence electrons. The maximum atomic E-state index is 12.5. The average molecular weight is 304 g/mol. The number of rotatable bonds is 2. The van der Waals surface area contributed by atoms with E-state index >= 15 is 0 Å². The van der Waals surface area contributed by atoms with Gasteiger partial charge >= 0.3 is 5.97 Å². The van der Waals surface area contributed by atoms with Crippen LogP contribution in [0.15, 0.2) is 18.2 Å². The second-order valence-electron chi connectivity index (χ2n) is 5.37. The number of amides is 2. The Hall–Kier alpha value is -2.41. The first kappa shape index (κ1) is 14.5. The Balaban J connectivity index is 1.77. The third kappa shape index (κ3) is 2.80. The van der Waals surface area contributed by atoms with Crippen molar-refractivity contribution in [3.05, 3.63) is 29.3 Å². The quantitative estimate of drug-likeness (QED) is 0.829. The summed E-state index contributed by atoms with van der Waals surface area (Å²) in [6.07, 6.45) is 0.0292. The number of benzene rings is 1. The van der Waals surface area contributed by atoms with Crippen molar-refractivity contribution in [3.8, 4) is 0 Å². The maximum absolute atomic E-state index is 12.5. The zero-order valence-corrected chi connectivity index (χ0v) is 11.9. The Morgan fingerprint density at radius 1 is 1.32 bits per heavy atom. The lowest BCUT2D eigenvalue weighted by Gasteiger charge is -2.31. The number of anilines is 1. The minimum Gasteiger partial charge on any atom is -0.479 e. The normalized spacial score (nSPS) is 21.0. The van der Waals surface area contributed by atoms with Gasteiger partial charge in [-0.15, -0.1) is 0 Å². The van der Waals surface area contributed by atoms with E-state index in [0.29, 0.717) is 24.9 Å². The van der Waals surface area contributed by atoms with Crippen molar-refractivity contribution in [2.24, 2.45) is 0 Å². The summed E-state index contributed by atoms with van der Waals surface area (Å²) < 4.78 is 5.12. The minimum atomic E-state index is -1.06. The molecule has 0 bridgehead atoms. The third-order valence-electron chi connectivity index (χ3n) is 3.88. The molecule has 0 spiro atoms. The number of nitrogens with zero attached hydrogens (tertiary/aromatic N) is 1. The van der Waals surface area contributed by atoms with Gasteiger partial charge in [0.05, 0.1) is 13.2 Å². The Morgan fingerprint density at radius 2 is 2.14 bits per heavy atom. The molecule has 7 heteroatoms. The van der Waals surface area contributed by atoms with Gasteiger partial charge in [-0.2, -0.15) is 0 Å². The summed E-state index contributed by atoms with van der Waals surface area (Å²) in [7, 11) is 0. The average Bonchev–Trinajstić information content (AvgIpc) is 2.53. The highest BCUT2D eigenvalue weighted by molar-refractivity contribution is 5.98. The van der Waals surface area contributed by atoms with Gasteiger partial charge in [-0.25, -0.2) is 4.79 Å². The van der Waals surface area contributed by atoms with Gasteiger partial charge in [-0.1, -0.05) is 0 Å². The van der Waals surface area contributed by atoms with Gasteiger partial charge in [-0.05, 0) is 30.2 Å². The van der Waals surface area contributed by atoms with Crippen LogP contribution in [0.2, 0.25) is 0 Å². The SMILES string of the molecule is O=C1CCc2cc(C(=O)N3CCOC(C(=O)O)C3)ccc2N1. The number of aliphatic carboxylic acids is 1. The molecule has 1 unspecified atom stereocenters. The molecule has 2 amide bonds. The van der Waals surface area contributed by atoms with E-state index in [1.165, 1.54) is 4.90 Å². The Bertz CT molecular complexity index is 643. The fourth-order valence-electron chi connectivity index (χ4n) is 2.68. The van der Waals surface area contributed by atoms with E-state index in [1.807, 2.05) is 0 Å². The van der Waals surface area contributed by atoms with Crippen LogP contribution in [0.25, 0.3) is 0 Å². The van der Waals surface area contributed by atoms with Gasteiger partial charge in [-0.3, -0.25) is 9.59 Å². The molecule has 1 aromatic rings. The molecule has 1 atom stereocenters. The van der Waals surface area contributed by atoms with E-state index in [1.54, 1.807) is 18.2 Å². The lowest BCUT2D eigenvalue weighted by atomic mass is 10.00. The Morgan fingerprint density at radius 3 is 2.91 bits per heavy atom. The standard InChI is InChI=1S/C15H16N2O5/c18-13-4-2-9-7-10(1-3-11(9)16-13)14(19)17-5-6-22-12(8-17)15(20)21/h1,3,7,12H,2,4-6,8H2,(H,16,18)(H,20,21). The topological polar surface area (TPSA) is 95.9 Å². The smallest absolute Gasteiger partial charge is 0.334 e. The first-order valence-electron chi connectivity index (χ1n) is 7.11. The first-order valence-corrected chi connectivity index (χ1v) is 7.11. The van der Waals surface area contributed by atoms with Crippen LogP contribution in [0.3, 0.4) is 0 Å². The van der Waals surface area contributed by atoms with Gasteiger partial charge in [0.1, 0.15) is 0 Å². The van der Waals surface area contributed by atoms with E-state index in [2.05, 4.69) is 5.32 Å². The Kier molecular flexibility index (Phi) is 3.81. The van der Waals surface area contributed by atoms with Gasteiger partial charge in [0.2, 0.25) is 5.91 Å². The molecule has 7 nitrogen and oxygen atoms in total. The summed E-state index contributed by atoms with van der Waals surface area (Å²) in [4.78, 5) is 36.3.